The van der Waals surface area contributed by atoms with Crippen molar-refractivity contribution in [3.05, 3.63) is 28.7 Å². The first-order valence-electron chi connectivity index (χ1n) is 3.78. The zero-order valence-electron chi connectivity index (χ0n) is 7.23. The molecule has 0 aliphatic carbocycles. The quantitative estimate of drug-likeness (QED) is 0.818. The lowest BCUT2D eigenvalue weighted by molar-refractivity contribution is -0.173. The summed E-state index contributed by atoms with van der Waals surface area (Å²) < 4.78 is 36.1. The Morgan fingerprint density at radius 1 is 1.20 bits per heavy atom. The molecule has 0 atom stereocenters. The second-order valence-electron chi connectivity index (χ2n) is 2.58. The highest BCUT2D eigenvalue weighted by atomic mass is 79.9. The van der Waals surface area contributed by atoms with Gasteiger partial charge < -0.3 is 0 Å². The number of anilines is 1. The molecule has 0 aromatic heterocycles. The Balaban J connectivity index is 2.51. The van der Waals surface area contributed by atoms with Crippen molar-refractivity contribution in [3.8, 4) is 0 Å². The molecule has 0 bridgehead atoms. The topological polar surface area (TPSA) is 41.1 Å². The maximum Gasteiger partial charge on any atom is 0.472 e. The van der Waals surface area contributed by atoms with Crippen LogP contribution in [0.15, 0.2) is 28.7 Å². The van der Waals surface area contributed by atoms with Gasteiger partial charge in [0.05, 0.1) is 5.69 Å². The number of alkyl halides is 3. The van der Waals surface area contributed by atoms with Crippen LogP contribution in [0.4, 0.5) is 18.9 Å². The van der Waals surface area contributed by atoms with Crippen molar-refractivity contribution in [2.75, 3.05) is 5.43 Å². The molecule has 2 N–H and O–H groups in total. The van der Waals surface area contributed by atoms with Crippen LogP contribution in [0.3, 0.4) is 0 Å². The molecule has 0 aliphatic rings. The number of rotatable bonds is 2. The third kappa shape index (κ3) is 3.78. The lowest BCUT2D eigenvalue weighted by atomic mass is 10.3. The fraction of sp³-hybridized carbons (Fsp3) is 0.125. The fourth-order valence-electron chi connectivity index (χ4n) is 0.733. The van der Waals surface area contributed by atoms with Gasteiger partial charge in [-0.2, -0.15) is 13.2 Å². The average molecular weight is 283 g/mol. The van der Waals surface area contributed by atoms with Gasteiger partial charge in [-0.15, -0.1) is 0 Å². The maximum absolute atomic E-state index is 11.8. The first-order chi connectivity index (χ1) is 6.89. The average Bonchev–Trinajstić information content (AvgIpc) is 2.15. The Hall–Kier alpha value is -1.24. The second-order valence-corrected chi connectivity index (χ2v) is 3.50. The van der Waals surface area contributed by atoms with E-state index < -0.39 is 12.1 Å². The molecule has 1 amide bonds. The monoisotopic (exact) mass is 282 g/mol. The van der Waals surface area contributed by atoms with Crippen molar-refractivity contribution in [1.82, 2.24) is 5.43 Å². The van der Waals surface area contributed by atoms with Crippen molar-refractivity contribution in [3.63, 3.8) is 0 Å². The van der Waals surface area contributed by atoms with E-state index in [1.165, 1.54) is 17.6 Å². The van der Waals surface area contributed by atoms with Crippen molar-refractivity contribution in [2.45, 2.75) is 6.18 Å². The van der Waals surface area contributed by atoms with E-state index in [1.807, 2.05) is 0 Å². The molecule has 15 heavy (non-hydrogen) atoms. The SMILES string of the molecule is O=C(NNc1ccc(Br)cc1)C(F)(F)F. The summed E-state index contributed by atoms with van der Waals surface area (Å²) in [5, 5.41) is 0. The number of carbonyl (C=O) groups excluding carboxylic acids is 1. The number of carbonyl (C=O) groups is 1. The normalized spacial score (nSPS) is 10.9. The highest BCUT2D eigenvalue weighted by Gasteiger charge is 2.38. The van der Waals surface area contributed by atoms with Gasteiger partial charge >= 0.3 is 12.1 Å². The van der Waals surface area contributed by atoms with Gasteiger partial charge in [0.2, 0.25) is 0 Å². The van der Waals surface area contributed by atoms with Gasteiger partial charge in [-0.25, -0.2) is 0 Å². The van der Waals surface area contributed by atoms with Crippen LogP contribution in [0.2, 0.25) is 0 Å². The molecule has 0 saturated heterocycles. The minimum atomic E-state index is -4.89. The highest BCUT2D eigenvalue weighted by Crippen LogP contribution is 2.15. The summed E-state index contributed by atoms with van der Waals surface area (Å²) in [5.74, 6) is -2.04. The van der Waals surface area contributed by atoms with Gasteiger partial charge in [0.1, 0.15) is 0 Å². The van der Waals surface area contributed by atoms with Crippen molar-refractivity contribution in [2.24, 2.45) is 0 Å². The molecule has 0 aliphatic heterocycles. The number of amides is 1. The van der Waals surface area contributed by atoms with Crippen LogP contribution in [-0.4, -0.2) is 12.1 Å². The molecule has 0 fully saturated rings. The molecule has 0 unspecified atom stereocenters. The summed E-state index contributed by atoms with van der Waals surface area (Å²) in [6.45, 7) is 0. The zero-order chi connectivity index (χ0) is 11.5. The first kappa shape index (κ1) is 11.8. The molecular weight excluding hydrogens is 277 g/mol. The van der Waals surface area contributed by atoms with Crippen LogP contribution >= 0.6 is 15.9 Å². The minimum absolute atomic E-state index is 0.357. The first-order valence-corrected chi connectivity index (χ1v) is 4.57. The number of halogens is 4. The van der Waals surface area contributed by atoms with Gasteiger partial charge in [-0.1, -0.05) is 15.9 Å². The molecule has 0 radical (unpaired) electrons. The van der Waals surface area contributed by atoms with Crippen LogP contribution in [0.25, 0.3) is 0 Å². The van der Waals surface area contributed by atoms with Gasteiger partial charge in [-0.05, 0) is 24.3 Å². The number of hydrogen-bond donors (Lipinski definition) is 2. The van der Waals surface area contributed by atoms with Crippen LogP contribution in [-0.2, 0) is 4.79 Å². The Labute approximate surface area is 91.8 Å². The Morgan fingerprint density at radius 2 is 1.73 bits per heavy atom. The largest absolute Gasteiger partial charge is 0.472 e. The fourth-order valence-corrected chi connectivity index (χ4v) is 0.997. The number of benzene rings is 1. The smallest absolute Gasteiger partial charge is 0.298 e. The lowest BCUT2D eigenvalue weighted by Gasteiger charge is -2.09. The van der Waals surface area contributed by atoms with Gasteiger partial charge in [0.15, 0.2) is 0 Å². The van der Waals surface area contributed by atoms with Gasteiger partial charge in [-0.3, -0.25) is 15.6 Å². The predicted octanol–water partition coefficient (Wildman–Crippen LogP) is 2.45. The van der Waals surface area contributed by atoms with E-state index in [1.54, 1.807) is 12.1 Å². The molecule has 1 rings (SSSR count). The van der Waals surface area contributed by atoms with Crippen LogP contribution < -0.4 is 10.9 Å². The van der Waals surface area contributed by atoms with Gasteiger partial charge in [0, 0.05) is 4.47 Å². The molecule has 0 saturated carbocycles. The Kier molecular flexibility index (Phi) is 3.57. The van der Waals surface area contributed by atoms with Crippen LogP contribution in [0.1, 0.15) is 0 Å². The molecular formula is C8H6BrF3N2O. The van der Waals surface area contributed by atoms with Crippen molar-refractivity contribution < 1.29 is 18.0 Å². The second kappa shape index (κ2) is 4.52. The van der Waals surface area contributed by atoms with E-state index in [0.29, 0.717) is 5.69 Å². The van der Waals surface area contributed by atoms with Gasteiger partial charge in [0.25, 0.3) is 0 Å². The van der Waals surface area contributed by atoms with E-state index in [-0.39, 0.29) is 0 Å². The summed E-state index contributed by atoms with van der Waals surface area (Å²) in [4.78, 5) is 10.4. The summed E-state index contributed by atoms with van der Waals surface area (Å²) in [6.07, 6.45) is -4.89. The molecule has 3 nitrogen and oxygen atoms in total. The van der Waals surface area contributed by atoms with Crippen LogP contribution in [0, 0.1) is 0 Å². The molecule has 7 heteroatoms. The molecule has 1 aromatic rings. The Morgan fingerprint density at radius 3 is 2.20 bits per heavy atom. The van der Waals surface area contributed by atoms with Crippen LogP contribution in [0.5, 0.6) is 0 Å². The van der Waals surface area contributed by atoms with E-state index >= 15 is 0 Å². The molecule has 1 aromatic carbocycles. The number of hydrazine groups is 1. The predicted molar refractivity (Wildman–Crippen MR) is 52.0 cm³/mol. The number of nitrogens with one attached hydrogen (secondary N) is 2. The lowest BCUT2D eigenvalue weighted by Crippen LogP contribution is -2.40. The van der Waals surface area contributed by atoms with Crippen molar-refractivity contribution in [1.29, 1.82) is 0 Å². The maximum atomic E-state index is 11.8. The van der Waals surface area contributed by atoms with E-state index in [2.05, 4.69) is 21.4 Å². The van der Waals surface area contributed by atoms with E-state index in [0.717, 1.165) is 4.47 Å². The molecule has 82 valence electrons. The number of hydrogen-bond acceptors (Lipinski definition) is 2. The van der Waals surface area contributed by atoms with E-state index in [4.69, 9.17) is 0 Å². The summed E-state index contributed by atoms with van der Waals surface area (Å²) in [6, 6.07) is 6.28. The Bertz CT molecular complexity index is 350. The molecule has 0 spiro atoms. The standard InChI is InChI=1S/C8H6BrF3N2O/c9-5-1-3-6(4-2-5)13-14-7(15)8(10,11)12/h1-4,13H,(H,14,15). The van der Waals surface area contributed by atoms with Crippen molar-refractivity contribution >= 4 is 27.5 Å². The third-order valence-electron chi connectivity index (χ3n) is 1.42. The highest BCUT2D eigenvalue weighted by molar-refractivity contribution is 9.10. The third-order valence-corrected chi connectivity index (χ3v) is 1.95. The summed E-state index contributed by atoms with van der Waals surface area (Å²) >= 11 is 3.16. The van der Waals surface area contributed by atoms with E-state index in [9.17, 15) is 18.0 Å². The summed E-state index contributed by atoms with van der Waals surface area (Å²) in [5.41, 5.74) is 4.02. The minimum Gasteiger partial charge on any atom is -0.298 e. The summed E-state index contributed by atoms with van der Waals surface area (Å²) in [7, 11) is 0. The zero-order valence-corrected chi connectivity index (χ0v) is 8.82. The molecule has 0 heterocycles.